The van der Waals surface area contributed by atoms with E-state index < -0.39 is 0 Å². The lowest BCUT2D eigenvalue weighted by atomic mass is 10.0. The highest BCUT2D eigenvalue weighted by atomic mass is 16.2. The number of amides is 1. The van der Waals surface area contributed by atoms with Crippen LogP contribution in [0.1, 0.15) is 41.6 Å². The van der Waals surface area contributed by atoms with Gasteiger partial charge < -0.3 is 0 Å². The zero-order chi connectivity index (χ0) is 15.7. The van der Waals surface area contributed by atoms with Gasteiger partial charge in [-0.15, -0.1) is 0 Å². The van der Waals surface area contributed by atoms with Gasteiger partial charge in [0.1, 0.15) is 11.6 Å². The van der Waals surface area contributed by atoms with Crippen LogP contribution in [0.3, 0.4) is 0 Å². The minimum atomic E-state index is 0.147. The van der Waals surface area contributed by atoms with Gasteiger partial charge in [-0.3, -0.25) is 9.69 Å². The van der Waals surface area contributed by atoms with E-state index in [1.807, 2.05) is 24.8 Å². The summed E-state index contributed by atoms with van der Waals surface area (Å²) in [5.74, 6) is 1.76. The zero-order valence-corrected chi connectivity index (χ0v) is 13.4. The fourth-order valence-electron chi connectivity index (χ4n) is 2.95. The monoisotopic (exact) mass is 295 g/mol. The molecule has 1 amide bonds. The van der Waals surface area contributed by atoms with E-state index in [9.17, 15) is 4.79 Å². The van der Waals surface area contributed by atoms with E-state index >= 15 is 0 Å². The van der Waals surface area contributed by atoms with Gasteiger partial charge in [0.15, 0.2) is 0 Å². The van der Waals surface area contributed by atoms with E-state index in [0.717, 1.165) is 41.3 Å². The molecule has 22 heavy (non-hydrogen) atoms. The first-order valence-electron chi connectivity index (χ1n) is 7.80. The van der Waals surface area contributed by atoms with Crippen LogP contribution in [-0.2, 0) is 24.2 Å². The van der Waals surface area contributed by atoms with Crippen LogP contribution in [-0.4, -0.2) is 15.9 Å². The maximum atomic E-state index is 12.4. The van der Waals surface area contributed by atoms with Crippen molar-refractivity contribution in [1.29, 1.82) is 0 Å². The number of carbonyl (C=O) groups is 1. The van der Waals surface area contributed by atoms with Crippen molar-refractivity contribution in [1.82, 2.24) is 9.97 Å². The molecule has 2 aromatic rings. The van der Waals surface area contributed by atoms with Gasteiger partial charge >= 0.3 is 0 Å². The Morgan fingerprint density at radius 3 is 2.73 bits per heavy atom. The van der Waals surface area contributed by atoms with Crippen LogP contribution in [0.25, 0.3) is 0 Å². The summed E-state index contributed by atoms with van der Waals surface area (Å²) in [5.41, 5.74) is 4.46. The van der Waals surface area contributed by atoms with Crippen LogP contribution in [0, 0.1) is 13.8 Å². The summed E-state index contributed by atoms with van der Waals surface area (Å²) in [6.07, 6.45) is 2.06. The van der Waals surface area contributed by atoms with Crippen molar-refractivity contribution in [2.75, 3.05) is 4.90 Å². The molecule has 1 aliphatic rings. The Kier molecular flexibility index (Phi) is 3.92. The molecule has 0 N–H and O–H groups in total. The minimum absolute atomic E-state index is 0.147. The number of carbonyl (C=O) groups excluding carboxylic acids is 1. The summed E-state index contributed by atoms with van der Waals surface area (Å²) >= 11 is 0. The third kappa shape index (κ3) is 2.73. The number of fused-ring (bicyclic) bond motifs is 1. The first-order chi connectivity index (χ1) is 10.6. The number of anilines is 1. The molecule has 0 bridgehead atoms. The molecule has 4 nitrogen and oxygen atoms in total. The molecule has 0 spiro atoms. The average molecular weight is 295 g/mol. The van der Waals surface area contributed by atoms with E-state index in [4.69, 9.17) is 0 Å². The van der Waals surface area contributed by atoms with E-state index in [1.165, 1.54) is 5.56 Å². The number of hydrogen-bond donors (Lipinski definition) is 0. The van der Waals surface area contributed by atoms with Gasteiger partial charge in [0.2, 0.25) is 5.91 Å². The molecule has 0 radical (unpaired) electrons. The molecule has 114 valence electrons. The van der Waals surface area contributed by atoms with Crippen LogP contribution in [0.5, 0.6) is 0 Å². The predicted octanol–water partition coefficient (Wildman–Crippen LogP) is 3.14. The van der Waals surface area contributed by atoms with Crippen LogP contribution >= 0.6 is 0 Å². The third-order valence-electron chi connectivity index (χ3n) is 4.12. The number of aromatic nitrogens is 2. The molecule has 0 atom stereocenters. The molecular formula is C18H21N3O. The molecule has 1 aliphatic heterocycles. The molecule has 3 rings (SSSR count). The summed E-state index contributed by atoms with van der Waals surface area (Å²) < 4.78 is 0. The Morgan fingerprint density at radius 2 is 2.00 bits per heavy atom. The summed E-state index contributed by atoms with van der Waals surface area (Å²) in [4.78, 5) is 23.4. The summed E-state index contributed by atoms with van der Waals surface area (Å²) in [6.45, 7) is 6.70. The van der Waals surface area contributed by atoms with E-state index in [0.29, 0.717) is 13.0 Å². The molecule has 0 unspecified atom stereocenters. The molecule has 0 aliphatic carbocycles. The van der Waals surface area contributed by atoms with Crippen LogP contribution in [0.2, 0.25) is 0 Å². The number of hydrogen-bond acceptors (Lipinski definition) is 3. The molecule has 4 heteroatoms. The lowest BCUT2D eigenvalue weighted by Gasteiger charge is -2.29. The van der Waals surface area contributed by atoms with E-state index in [1.54, 1.807) is 0 Å². The topological polar surface area (TPSA) is 46.1 Å². The SMILES string of the molecule is CCc1nc(C)c2c(n1)N(Cc1cccc(C)c1)C(=O)CC2. The quantitative estimate of drug-likeness (QED) is 0.874. The number of benzene rings is 1. The van der Waals surface area contributed by atoms with Gasteiger partial charge in [-0.1, -0.05) is 36.8 Å². The van der Waals surface area contributed by atoms with Gasteiger partial charge in [0, 0.05) is 24.1 Å². The van der Waals surface area contributed by atoms with Crippen LogP contribution in [0.4, 0.5) is 5.82 Å². The Balaban J connectivity index is 2.01. The highest BCUT2D eigenvalue weighted by Gasteiger charge is 2.27. The van der Waals surface area contributed by atoms with Crippen molar-refractivity contribution in [3.63, 3.8) is 0 Å². The Morgan fingerprint density at radius 1 is 1.18 bits per heavy atom. The van der Waals surface area contributed by atoms with Crippen molar-refractivity contribution in [2.45, 2.75) is 46.6 Å². The molecule has 2 heterocycles. The minimum Gasteiger partial charge on any atom is -0.292 e. The first-order valence-corrected chi connectivity index (χ1v) is 7.80. The Bertz CT molecular complexity index is 724. The van der Waals surface area contributed by atoms with Crippen molar-refractivity contribution in [3.05, 3.63) is 52.5 Å². The molecular weight excluding hydrogens is 274 g/mol. The van der Waals surface area contributed by atoms with Gasteiger partial charge in [0.05, 0.1) is 6.54 Å². The van der Waals surface area contributed by atoms with Gasteiger partial charge in [-0.2, -0.15) is 0 Å². The van der Waals surface area contributed by atoms with E-state index in [-0.39, 0.29) is 5.91 Å². The van der Waals surface area contributed by atoms with Crippen molar-refractivity contribution in [2.24, 2.45) is 0 Å². The fraction of sp³-hybridized carbons (Fsp3) is 0.389. The molecule has 1 aromatic heterocycles. The van der Waals surface area contributed by atoms with Crippen LogP contribution in [0.15, 0.2) is 24.3 Å². The maximum absolute atomic E-state index is 12.4. The summed E-state index contributed by atoms with van der Waals surface area (Å²) in [7, 11) is 0. The second-order valence-electron chi connectivity index (χ2n) is 5.85. The first kappa shape index (κ1) is 14.7. The van der Waals surface area contributed by atoms with Gasteiger partial charge in [-0.05, 0) is 25.8 Å². The fourth-order valence-corrected chi connectivity index (χ4v) is 2.95. The lowest BCUT2D eigenvalue weighted by molar-refractivity contribution is -0.119. The average Bonchev–Trinajstić information content (AvgIpc) is 2.50. The Labute approximate surface area is 131 Å². The van der Waals surface area contributed by atoms with Crippen molar-refractivity contribution < 1.29 is 4.79 Å². The zero-order valence-electron chi connectivity index (χ0n) is 13.4. The smallest absolute Gasteiger partial charge is 0.228 e. The standard InChI is InChI=1S/C18H21N3O/c1-4-16-19-13(3)15-8-9-17(22)21(18(15)20-16)11-14-7-5-6-12(2)10-14/h5-7,10H,4,8-9,11H2,1-3H3. The largest absolute Gasteiger partial charge is 0.292 e. The highest BCUT2D eigenvalue weighted by molar-refractivity contribution is 5.95. The van der Waals surface area contributed by atoms with Crippen molar-refractivity contribution in [3.8, 4) is 0 Å². The van der Waals surface area contributed by atoms with Crippen LogP contribution < -0.4 is 4.90 Å². The predicted molar refractivity (Wildman–Crippen MR) is 86.8 cm³/mol. The summed E-state index contributed by atoms with van der Waals surface area (Å²) in [5, 5.41) is 0. The maximum Gasteiger partial charge on any atom is 0.228 e. The highest BCUT2D eigenvalue weighted by Crippen LogP contribution is 2.29. The Hall–Kier alpha value is -2.23. The third-order valence-corrected chi connectivity index (χ3v) is 4.12. The van der Waals surface area contributed by atoms with Crippen molar-refractivity contribution >= 4 is 11.7 Å². The number of rotatable bonds is 3. The second kappa shape index (κ2) is 5.87. The number of aryl methyl sites for hydroxylation is 3. The van der Waals surface area contributed by atoms with E-state index in [2.05, 4.69) is 35.1 Å². The molecule has 1 aromatic carbocycles. The molecule has 0 fully saturated rings. The van der Waals surface area contributed by atoms with Gasteiger partial charge in [0.25, 0.3) is 0 Å². The lowest BCUT2D eigenvalue weighted by Crippen LogP contribution is -2.36. The second-order valence-corrected chi connectivity index (χ2v) is 5.85. The molecule has 0 saturated carbocycles. The number of nitrogens with zero attached hydrogens (tertiary/aromatic N) is 3. The normalized spacial score (nSPS) is 14.1. The summed E-state index contributed by atoms with van der Waals surface area (Å²) in [6, 6.07) is 8.28. The molecule has 0 saturated heterocycles. The van der Waals surface area contributed by atoms with Gasteiger partial charge in [-0.25, -0.2) is 9.97 Å².